The van der Waals surface area contributed by atoms with Crippen LogP contribution in [-0.2, 0) is 0 Å². The quantitative estimate of drug-likeness (QED) is 0.812. The summed E-state index contributed by atoms with van der Waals surface area (Å²) in [5.41, 5.74) is 0.938. The first-order valence-electron chi connectivity index (χ1n) is 8.33. The summed E-state index contributed by atoms with van der Waals surface area (Å²) in [6.07, 6.45) is 5.31. The summed E-state index contributed by atoms with van der Waals surface area (Å²) < 4.78 is 1.39. The maximum atomic E-state index is 12.5. The smallest absolute Gasteiger partial charge is 0.270 e. The third-order valence-electron chi connectivity index (χ3n) is 4.86. The highest BCUT2D eigenvalue weighted by Gasteiger charge is 2.26. The first-order valence-corrected chi connectivity index (χ1v) is 8.33. The fourth-order valence-electron chi connectivity index (χ4n) is 2.88. The van der Waals surface area contributed by atoms with Gasteiger partial charge in [0.25, 0.3) is 11.5 Å². The van der Waals surface area contributed by atoms with Crippen LogP contribution in [0.1, 0.15) is 49.0 Å². The number of fused-ring (bicyclic) bond motifs is 1. The van der Waals surface area contributed by atoms with E-state index in [0.29, 0.717) is 18.6 Å². The molecule has 0 saturated heterocycles. The predicted molar refractivity (Wildman–Crippen MR) is 93.3 cm³/mol. The molecule has 0 radical (unpaired) electrons. The van der Waals surface area contributed by atoms with Crippen LogP contribution in [0.5, 0.6) is 0 Å². The number of aliphatic hydroxyl groups excluding tert-OH is 1. The van der Waals surface area contributed by atoms with Crippen molar-refractivity contribution in [2.24, 2.45) is 5.41 Å². The van der Waals surface area contributed by atoms with Crippen molar-refractivity contribution in [3.8, 4) is 0 Å². The van der Waals surface area contributed by atoms with Gasteiger partial charge in [-0.1, -0.05) is 19.9 Å². The Morgan fingerprint density at radius 3 is 2.67 bits per heavy atom. The Hall–Kier alpha value is -2.21. The lowest BCUT2D eigenvalue weighted by molar-refractivity contribution is 0.0905. The highest BCUT2D eigenvalue weighted by Crippen LogP contribution is 2.29. The molecule has 0 unspecified atom stereocenters. The number of carbonyl (C=O) groups is 1. The van der Waals surface area contributed by atoms with Crippen LogP contribution in [0, 0.1) is 12.3 Å². The van der Waals surface area contributed by atoms with Gasteiger partial charge < -0.3 is 10.4 Å². The number of rotatable bonds is 7. The van der Waals surface area contributed by atoms with Gasteiger partial charge in [0.05, 0.1) is 0 Å². The van der Waals surface area contributed by atoms with Crippen LogP contribution >= 0.6 is 0 Å². The Balaban J connectivity index is 2.25. The lowest BCUT2D eigenvalue weighted by atomic mass is 9.79. The minimum absolute atomic E-state index is 0.0307. The van der Waals surface area contributed by atoms with Crippen LogP contribution in [0.25, 0.3) is 5.65 Å². The van der Waals surface area contributed by atoms with E-state index in [9.17, 15) is 14.7 Å². The zero-order valence-corrected chi connectivity index (χ0v) is 14.5. The predicted octanol–water partition coefficient (Wildman–Crippen LogP) is 1.92. The highest BCUT2D eigenvalue weighted by atomic mass is 16.3. The SMILES string of the molecule is CCC(CC)(CCO)CNC(=O)c1cnc2ccc(C)cn2c1=O. The minimum atomic E-state index is -0.423. The van der Waals surface area contributed by atoms with E-state index in [1.54, 1.807) is 12.3 Å². The van der Waals surface area contributed by atoms with E-state index in [0.717, 1.165) is 18.4 Å². The molecule has 2 rings (SSSR count). The number of nitrogens with zero attached hydrogens (tertiary/aromatic N) is 2. The summed E-state index contributed by atoms with van der Waals surface area (Å²) in [7, 11) is 0. The molecular formula is C18H25N3O3. The average Bonchev–Trinajstić information content (AvgIpc) is 2.59. The second-order valence-corrected chi connectivity index (χ2v) is 6.28. The molecule has 0 aliphatic carbocycles. The van der Waals surface area contributed by atoms with Gasteiger partial charge in [-0.05, 0) is 43.2 Å². The van der Waals surface area contributed by atoms with Crippen molar-refractivity contribution in [3.05, 3.63) is 46.0 Å². The maximum absolute atomic E-state index is 12.5. The van der Waals surface area contributed by atoms with Crippen LogP contribution in [0.4, 0.5) is 0 Å². The number of hydrogen-bond acceptors (Lipinski definition) is 4. The number of aryl methyl sites for hydroxylation is 1. The number of aliphatic hydroxyl groups is 1. The molecule has 0 spiro atoms. The maximum Gasteiger partial charge on any atom is 0.270 e. The van der Waals surface area contributed by atoms with Crippen molar-refractivity contribution >= 4 is 11.6 Å². The summed E-state index contributed by atoms with van der Waals surface area (Å²) in [4.78, 5) is 29.2. The Morgan fingerprint density at radius 1 is 1.33 bits per heavy atom. The van der Waals surface area contributed by atoms with Crippen LogP contribution in [-0.4, -0.2) is 33.6 Å². The lowest BCUT2D eigenvalue weighted by Gasteiger charge is -2.31. The average molecular weight is 331 g/mol. The second kappa shape index (κ2) is 7.57. The van der Waals surface area contributed by atoms with Gasteiger partial charge in [0.1, 0.15) is 11.2 Å². The summed E-state index contributed by atoms with van der Waals surface area (Å²) in [6.45, 7) is 6.47. The molecule has 0 aromatic carbocycles. The molecule has 0 bridgehead atoms. The Kier molecular flexibility index (Phi) is 5.72. The molecule has 1 amide bonds. The zero-order valence-electron chi connectivity index (χ0n) is 14.5. The summed E-state index contributed by atoms with van der Waals surface area (Å²) in [5.74, 6) is -0.423. The Bertz CT molecular complexity index is 779. The minimum Gasteiger partial charge on any atom is -0.396 e. The van der Waals surface area contributed by atoms with E-state index in [2.05, 4.69) is 10.3 Å². The third kappa shape index (κ3) is 3.64. The Labute approximate surface area is 141 Å². The first kappa shape index (κ1) is 18.1. The number of nitrogens with one attached hydrogen (secondary N) is 1. The number of carbonyl (C=O) groups excluding carboxylic acids is 1. The molecule has 2 N–H and O–H groups in total. The molecule has 2 aromatic heterocycles. The molecule has 2 aromatic rings. The van der Waals surface area contributed by atoms with Crippen molar-refractivity contribution in [3.63, 3.8) is 0 Å². The third-order valence-corrected chi connectivity index (χ3v) is 4.86. The molecule has 0 fully saturated rings. The summed E-state index contributed by atoms with van der Waals surface area (Å²) in [5, 5.41) is 12.1. The molecule has 6 heteroatoms. The standard InChI is InChI=1S/C18H25N3O3/c1-4-18(5-2,8-9-22)12-20-16(23)14-10-19-15-7-6-13(3)11-21(15)17(14)24/h6-7,10-11,22H,4-5,8-9,12H2,1-3H3,(H,20,23). The molecule has 0 aliphatic heterocycles. The van der Waals surface area contributed by atoms with Gasteiger partial charge in [-0.15, -0.1) is 0 Å². The van der Waals surface area contributed by atoms with Gasteiger partial charge in [-0.3, -0.25) is 14.0 Å². The van der Waals surface area contributed by atoms with Crippen molar-refractivity contribution in [1.82, 2.24) is 14.7 Å². The van der Waals surface area contributed by atoms with Crippen molar-refractivity contribution < 1.29 is 9.90 Å². The van der Waals surface area contributed by atoms with Crippen LogP contribution < -0.4 is 10.9 Å². The highest BCUT2D eigenvalue weighted by molar-refractivity contribution is 5.93. The molecule has 6 nitrogen and oxygen atoms in total. The van der Waals surface area contributed by atoms with Crippen LogP contribution in [0.15, 0.2) is 29.3 Å². The summed E-state index contributed by atoms with van der Waals surface area (Å²) >= 11 is 0. The number of pyridine rings is 1. The van der Waals surface area contributed by atoms with Gasteiger partial charge in [-0.25, -0.2) is 4.98 Å². The molecule has 130 valence electrons. The van der Waals surface area contributed by atoms with Crippen LogP contribution in [0.2, 0.25) is 0 Å². The van der Waals surface area contributed by atoms with E-state index in [1.165, 1.54) is 10.6 Å². The molecule has 24 heavy (non-hydrogen) atoms. The number of aromatic nitrogens is 2. The summed E-state index contributed by atoms with van der Waals surface area (Å²) in [6, 6.07) is 3.62. The zero-order chi connectivity index (χ0) is 17.7. The molecule has 0 saturated carbocycles. The lowest BCUT2D eigenvalue weighted by Crippen LogP contribution is -2.40. The normalized spacial score (nSPS) is 11.7. The second-order valence-electron chi connectivity index (χ2n) is 6.28. The van der Waals surface area contributed by atoms with Crippen molar-refractivity contribution in [2.75, 3.05) is 13.2 Å². The molecule has 0 atom stereocenters. The van der Waals surface area contributed by atoms with Crippen molar-refractivity contribution in [2.45, 2.75) is 40.0 Å². The van der Waals surface area contributed by atoms with Gasteiger partial charge in [0, 0.05) is 25.5 Å². The van der Waals surface area contributed by atoms with Crippen LogP contribution in [0.3, 0.4) is 0 Å². The molecule has 2 heterocycles. The van der Waals surface area contributed by atoms with E-state index in [4.69, 9.17) is 0 Å². The van der Waals surface area contributed by atoms with E-state index in [1.807, 2.05) is 26.8 Å². The van der Waals surface area contributed by atoms with E-state index >= 15 is 0 Å². The number of amides is 1. The van der Waals surface area contributed by atoms with Crippen molar-refractivity contribution in [1.29, 1.82) is 0 Å². The fourth-order valence-corrected chi connectivity index (χ4v) is 2.88. The number of hydrogen-bond donors (Lipinski definition) is 2. The topological polar surface area (TPSA) is 83.7 Å². The van der Waals surface area contributed by atoms with Gasteiger partial charge in [0.2, 0.25) is 0 Å². The Morgan fingerprint density at radius 2 is 2.04 bits per heavy atom. The van der Waals surface area contributed by atoms with Gasteiger partial charge in [0.15, 0.2) is 0 Å². The van der Waals surface area contributed by atoms with Gasteiger partial charge >= 0.3 is 0 Å². The first-order chi connectivity index (χ1) is 11.5. The monoisotopic (exact) mass is 331 g/mol. The van der Waals surface area contributed by atoms with E-state index < -0.39 is 5.91 Å². The molecule has 0 aliphatic rings. The molecular weight excluding hydrogens is 306 g/mol. The largest absolute Gasteiger partial charge is 0.396 e. The van der Waals surface area contributed by atoms with Gasteiger partial charge in [-0.2, -0.15) is 0 Å². The van der Waals surface area contributed by atoms with E-state index in [-0.39, 0.29) is 23.1 Å². The fraction of sp³-hybridized carbons (Fsp3) is 0.500.